The molecule has 6 nitrogen and oxygen atoms in total. The number of halogens is 1. The Morgan fingerprint density at radius 2 is 1.39 bits per heavy atom. The number of carbonyl (C=O) groups excluding carboxylic acids is 2. The highest BCUT2D eigenvalue weighted by Crippen LogP contribution is 2.23. The third kappa shape index (κ3) is 4.91. The van der Waals surface area contributed by atoms with E-state index in [1.165, 1.54) is 4.90 Å². The minimum absolute atomic E-state index is 0.0165. The molecule has 0 saturated carbocycles. The number of imide groups is 1. The van der Waals surface area contributed by atoms with Crippen LogP contribution >= 0.6 is 11.6 Å². The first-order valence-corrected chi connectivity index (χ1v) is 11.1. The topological polar surface area (TPSA) is 83.6 Å². The van der Waals surface area contributed by atoms with Crippen LogP contribution in [0.3, 0.4) is 0 Å². The lowest BCUT2D eigenvalue weighted by Gasteiger charge is -2.13. The van der Waals surface area contributed by atoms with E-state index >= 15 is 0 Å². The summed E-state index contributed by atoms with van der Waals surface area (Å²) in [5, 5.41) is 0.543. The van der Waals surface area contributed by atoms with E-state index in [-0.39, 0.29) is 17.6 Å². The van der Waals surface area contributed by atoms with Crippen molar-refractivity contribution < 1.29 is 18.0 Å². The van der Waals surface area contributed by atoms with Crippen LogP contribution < -0.4 is 4.72 Å². The van der Waals surface area contributed by atoms with Gasteiger partial charge in [-0.05, 0) is 49.2 Å². The molecule has 0 aromatic heterocycles. The second-order valence-corrected chi connectivity index (χ2v) is 8.93. The number of nitrogens with zero attached hydrogens (tertiary/aromatic N) is 1. The molecule has 3 rings (SSSR count). The Morgan fingerprint density at radius 3 is 2.00 bits per heavy atom. The molecule has 1 heterocycles. The van der Waals surface area contributed by atoms with E-state index in [1.54, 1.807) is 48.5 Å². The standard InChI is InChI=1S/C20H21ClN2O4S/c21-15-9-11-16(12-10-15)22-28(26,27)14-6-2-1-5-13-23-19(24)17-7-3-4-8-18(17)20(23)25/h3-4,7-12,22H,1-2,5-6,13-14H2. The van der Waals surface area contributed by atoms with Crippen molar-refractivity contribution in [2.75, 3.05) is 17.0 Å². The highest BCUT2D eigenvalue weighted by molar-refractivity contribution is 7.92. The first kappa shape index (κ1) is 20.4. The van der Waals surface area contributed by atoms with Crippen molar-refractivity contribution in [3.05, 3.63) is 64.7 Å². The number of unbranched alkanes of at least 4 members (excludes halogenated alkanes) is 3. The molecule has 148 valence electrons. The van der Waals surface area contributed by atoms with E-state index in [0.717, 1.165) is 6.42 Å². The number of hydrogen-bond acceptors (Lipinski definition) is 4. The van der Waals surface area contributed by atoms with Crippen molar-refractivity contribution >= 4 is 39.1 Å². The Hall–Kier alpha value is -2.38. The maximum Gasteiger partial charge on any atom is 0.261 e. The fourth-order valence-electron chi connectivity index (χ4n) is 3.11. The van der Waals surface area contributed by atoms with Crippen LogP contribution in [0.25, 0.3) is 0 Å². The fourth-order valence-corrected chi connectivity index (χ4v) is 4.41. The number of amides is 2. The molecule has 0 unspecified atom stereocenters. The normalized spacial score (nSPS) is 13.7. The molecule has 1 aliphatic heterocycles. The lowest BCUT2D eigenvalue weighted by molar-refractivity contribution is 0.0651. The molecular formula is C20H21ClN2O4S. The van der Waals surface area contributed by atoms with E-state index < -0.39 is 10.0 Å². The van der Waals surface area contributed by atoms with E-state index in [4.69, 9.17) is 11.6 Å². The summed E-state index contributed by atoms with van der Waals surface area (Å²) in [6, 6.07) is 13.3. The number of sulfonamides is 1. The maximum atomic E-state index is 12.3. The zero-order valence-electron chi connectivity index (χ0n) is 15.2. The van der Waals surface area contributed by atoms with Crippen LogP contribution in [0.2, 0.25) is 5.02 Å². The monoisotopic (exact) mass is 420 g/mol. The Kier molecular flexibility index (Phi) is 6.36. The second kappa shape index (κ2) is 8.75. The summed E-state index contributed by atoms with van der Waals surface area (Å²) < 4.78 is 26.7. The Morgan fingerprint density at radius 1 is 0.821 bits per heavy atom. The fraction of sp³-hybridized carbons (Fsp3) is 0.300. The van der Waals surface area contributed by atoms with Gasteiger partial charge in [-0.3, -0.25) is 19.2 Å². The predicted octanol–water partition coefficient (Wildman–Crippen LogP) is 3.94. The third-order valence-corrected chi connectivity index (χ3v) is 6.17. The van der Waals surface area contributed by atoms with Gasteiger partial charge in [-0.25, -0.2) is 8.42 Å². The van der Waals surface area contributed by atoms with Crippen LogP contribution in [0.5, 0.6) is 0 Å². The summed E-state index contributed by atoms with van der Waals surface area (Å²) in [6.07, 6.45) is 2.59. The van der Waals surface area contributed by atoms with Gasteiger partial charge >= 0.3 is 0 Å². The quantitative estimate of drug-likeness (QED) is 0.492. The van der Waals surface area contributed by atoms with Crippen molar-refractivity contribution in [1.29, 1.82) is 0 Å². The van der Waals surface area contributed by atoms with E-state index in [0.29, 0.717) is 47.6 Å². The number of benzene rings is 2. The Bertz CT molecular complexity index is 939. The van der Waals surface area contributed by atoms with Gasteiger partial charge in [0, 0.05) is 17.3 Å². The number of hydrogen-bond donors (Lipinski definition) is 1. The lowest BCUT2D eigenvalue weighted by Crippen LogP contribution is -2.30. The summed E-state index contributed by atoms with van der Waals surface area (Å²) in [7, 11) is -3.42. The van der Waals surface area contributed by atoms with Crippen molar-refractivity contribution in [2.45, 2.75) is 25.7 Å². The highest BCUT2D eigenvalue weighted by Gasteiger charge is 2.34. The Labute approximate surface area is 169 Å². The molecule has 2 aromatic rings. The molecule has 8 heteroatoms. The average Bonchev–Trinajstić information content (AvgIpc) is 2.91. The van der Waals surface area contributed by atoms with Gasteiger partial charge in [0.05, 0.1) is 16.9 Å². The van der Waals surface area contributed by atoms with Gasteiger partial charge < -0.3 is 0 Å². The molecule has 1 N–H and O–H groups in total. The van der Waals surface area contributed by atoms with Crippen molar-refractivity contribution in [3.8, 4) is 0 Å². The van der Waals surface area contributed by atoms with Crippen molar-refractivity contribution in [3.63, 3.8) is 0 Å². The molecular weight excluding hydrogens is 400 g/mol. The van der Waals surface area contributed by atoms with Crippen LogP contribution in [0, 0.1) is 0 Å². The molecule has 0 atom stereocenters. The zero-order valence-corrected chi connectivity index (χ0v) is 16.8. The first-order valence-electron chi connectivity index (χ1n) is 9.09. The van der Waals surface area contributed by atoms with Gasteiger partial charge in [-0.15, -0.1) is 0 Å². The lowest BCUT2D eigenvalue weighted by atomic mass is 10.1. The maximum absolute atomic E-state index is 12.3. The molecule has 28 heavy (non-hydrogen) atoms. The highest BCUT2D eigenvalue weighted by atomic mass is 35.5. The minimum atomic E-state index is -3.42. The molecule has 0 spiro atoms. The molecule has 0 aliphatic carbocycles. The smallest absolute Gasteiger partial charge is 0.261 e. The van der Waals surface area contributed by atoms with Gasteiger partial charge in [0.1, 0.15) is 0 Å². The first-order chi connectivity index (χ1) is 13.4. The van der Waals surface area contributed by atoms with Gasteiger partial charge in [0.2, 0.25) is 10.0 Å². The van der Waals surface area contributed by atoms with E-state index in [2.05, 4.69) is 4.72 Å². The van der Waals surface area contributed by atoms with Gasteiger partial charge in [0.15, 0.2) is 0 Å². The number of fused-ring (bicyclic) bond motifs is 1. The molecule has 2 aromatic carbocycles. The summed E-state index contributed by atoms with van der Waals surface area (Å²) >= 11 is 5.78. The van der Waals surface area contributed by atoms with E-state index in [1.807, 2.05) is 0 Å². The molecule has 2 amide bonds. The van der Waals surface area contributed by atoms with Crippen LogP contribution in [0.1, 0.15) is 46.4 Å². The minimum Gasteiger partial charge on any atom is -0.284 e. The summed E-state index contributed by atoms with van der Waals surface area (Å²) in [4.78, 5) is 25.8. The van der Waals surface area contributed by atoms with Gasteiger partial charge in [-0.2, -0.15) is 0 Å². The van der Waals surface area contributed by atoms with Crippen LogP contribution in [-0.4, -0.2) is 37.4 Å². The SMILES string of the molecule is O=C1c2ccccc2C(=O)N1CCCCCCS(=O)(=O)Nc1ccc(Cl)cc1. The Balaban J connectivity index is 1.38. The molecule has 0 radical (unpaired) electrons. The summed E-state index contributed by atoms with van der Waals surface area (Å²) in [6.45, 7) is 0.349. The zero-order chi connectivity index (χ0) is 20.1. The predicted molar refractivity (Wildman–Crippen MR) is 109 cm³/mol. The van der Waals surface area contributed by atoms with Crippen molar-refractivity contribution in [2.24, 2.45) is 0 Å². The van der Waals surface area contributed by atoms with Crippen LogP contribution in [0.15, 0.2) is 48.5 Å². The number of rotatable bonds is 9. The van der Waals surface area contributed by atoms with E-state index in [9.17, 15) is 18.0 Å². The third-order valence-electron chi connectivity index (χ3n) is 4.54. The number of carbonyl (C=O) groups is 2. The average molecular weight is 421 g/mol. The molecule has 0 bridgehead atoms. The van der Waals surface area contributed by atoms with Crippen LogP contribution in [-0.2, 0) is 10.0 Å². The molecule has 0 saturated heterocycles. The summed E-state index contributed by atoms with van der Waals surface area (Å²) in [5.74, 6) is -0.492. The largest absolute Gasteiger partial charge is 0.284 e. The molecule has 1 aliphatic rings. The second-order valence-electron chi connectivity index (χ2n) is 6.65. The number of nitrogens with one attached hydrogen (secondary N) is 1. The van der Waals surface area contributed by atoms with Crippen molar-refractivity contribution in [1.82, 2.24) is 4.90 Å². The molecule has 0 fully saturated rings. The van der Waals surface area contributed by atoms with Gasteiger partial charge in [0.25, 0.3) is 11.8 Å². The summed E-state index contributed by atoms with van der Waals surface area (Å²) in [5.41, 5.74) is 1.38. The number of anilines is 1. The van der Waals surface area contributed by atoms with Crippen LogP contribution in [0.4, 0.5) is 5.69 Å². The van der Waals surface area contributed by atoms with Gasteiger partial charge in [-0.1, -0.05) is 36.6 Å².